The first kappa shape index (κ1) is 20.8. The summed E-state index contributed by atoms with van der Waals surface area (Å²) < 4.78 is 52.5. The molecule has 1 saturated heterocycles. The molecule has 4 nitrogen and oxygen atoms in total. The van der Waals surface area contributed by atoms with E-state index in [9.17, 15) is 22.7 Å². The Morgan fingerprint density at radius 1 is 1.29 bits per heavy atom. The fourth-order valence-corrected chi connectivity index (χ4v) is 3.71. The molecule has 1 aromatic heterocycles. The SMILES string of the molecule is NC1(CC(F)F)CN(c2cnc(-c3ccc(F)c(F)c3)cc2CCl)CCC1O. The Morgan fingerprint density at radius 3 is 2.68 bits per heavy atom. The number of aliphatic hydroxyl groups is 1. The number of piperidine rings is 1. The van der Waals surface area contributed by atoms with Crippen LogP contribution in [-0.4, -0.2) is 41.2 Å². The summed E-state index contributed by atoms with van der Waals surface area (Å²) in [5.41, 5.74) is 6.67. The molecule has 2 aromatic rings. The average Bonchev–Trinajstić information content (AvgIpc) is 2.65. The lowest BCUT2D eigenvalue weighted by Crippen LogP contribution is -2.63. The summed E-state index contributed by atoms with van der Waals surface area (Å²) in [5, 5.41) is 10.1. The molecule has 3 N–H and O–H groups in total. The van der Waals surface area contributed by atoms with Gasteiger partial charge in [-0.2, -0.15) is 0 Å². The van der Waals surface area contributed by atoms with Crippen LogP contribution in [0.4, 0.5) is 23.2 Å². The first-order valence-electron chi connectivity index (χ1n) is 8.74. The van der Waals surface area contributed by atoms with Crippen molar-refractivity contribution in [3.05, 3.63) is 47.7 Å². The van der Waals surface area contributed by atoms with Crippen LogP contribution < -0.4 is 10.6 Å². The Hall–Kier alpha value is -1.90. The van der Waals surface area contributed by atoms with E-state index in [4.69, 9.17) is 17.3 Å². The molecule has 152 valence electrons. The van der Waals surface area contributed by atoms with Crippen LogP contribution in [0.1, 0.15) is 18.4 Å². The Labute approximate surface area is 164 Å². The summed E-state index contributed by atoms with van der Waals surface area (Å²) in [6.45, 7) is 0.425. The van der Waals surface area contributed by atoms with Crippen molar-refractivity contribution in [2.75, 3.05) is 18.0 Å². The number of rotatable bonds is 5. The van der Waals surface area contributed by atoms with Crippen molar-refractivity contribution in [3.63, 3.8) is 0 Å². The van der Waals surface area contributed by atoms with Gasteiger partial charge in [0.1, 0.15) is 0 Å². The van der Waals surface area contributed by atoms with E-state index >= 15 is 0 Å². The molecule has 1 aromatic carbocycles. The van der Waals surface area contributed by atoms with Gasteiger partial charge in [0.25, 0.3) is 0 Å². The smallest absolute Gasteiger partial charge is 0.240 e. The molecule has 0 aliphatic carbocycles. The van der Waals surface area contributed by atoms with E-state index in [-0.39, 0.29) is 18.8 Å². The molecule has 1 aliphatic rings. The number of alkyl halides is 3. The molecule has 2 atom stereocenters. The van der Waals surface area contributed by atoms with E-state index in [1.807, 2.05) is 0 Å². The maximum atomic E-state index is 13.5. The van der Waals surface area contributed by atoms with Crippen LogP contribution in [0, 0.1) is 11.6 Å². The fourth-order valence-electron chi connectivity index (χ4n) is 3.49. The molecule has 0 spiro atoms. The van der Waals surface area contributed by atoms with Crippen LogP contribution in [0.3, 0.4) is 0 Å². The van der Waals surface area contributed by atoms with Crippen molar-refractivity contribution in [2.24, 2.45) is 5.73 Å². The minimum absolute atomic E-state index is 0.0224. The summed E-state index contributed by atoms with van der Waals surface area (Å²) in [5.74, 6) is -1.84. The predicted molar refractivity (Wildman–Crippen MR) is 99.5 cm³/mol. The van der Waals surface area contributed by atoms with Gasteiger partial charge in [0, 0.05) is 31.0 Å². The third-order valence-corrected chi connectivity index (χ3v) is 5.31. The van der Waals surface area contributed by atoms with Gasteiger partial charge < -0.3 is 15.7 Å². The van der Waals surface area contributed by atoms with Gasteiger partial charge in [-0.15, -0.1) is 11.6 Å². The summed E-state index contributed by atoms with van der Waals surface area (Å²) in [6.07, 6.45) is -2.56. The molecule has 2 unspecified atom stereocenters. The molecular formula is C19H20ClF4N3O. The second kappa shape index (κ2) is 8.23. The van der Waals surface area contributed by atoms with Gasteiger partial charge in [0.15, 0.2) is 11.6 Å². The van der Waals surface area contributed by atoms with Crippen molar-refractivity contribution >= 4 is 17.3 Å². The van der Waals surface area contributed by atoms with Gasteiger partial charge in [-0.3, -0.25) is 4.98 Å². The topological polar surface area (TPSA) is 62.4 Å². The monoisotopic (exact) mass is 417 g/mol. The number of aromatic nitrogens is 1. The van der Waals surface area contributed by atoms with E-state index < -0.39 is 36.1 Å². The molecule has 0 saturated carbocycles. The van der Waals surface area contributed by atoms with Crippen LogP contribution in [0.15, 0.2) is 30.5 Å². The normalized spacial score (nSPS) is 22.7. The van der Waals surface area contributed by atoms with Gasteiger partial charge in [-0.25, -0.2) is 17.6 Å². The zero-order valence-electron chi connectivity index (χ0n) is 14.9. The molecule has 0 amide bonds. The summed E-state index contributed by atoms with van der Waals surface area (Å²) in [6, 6.07) is 5.11. The molecule has 2 heterocycles. The first-order chi connectivity index (χ1) is 13.2. The van der Waals surface area contributed by atoms with E-state index in [0.29, 0.717) is 29.1 Å². The third kappa shape index (κ3) is 4.24. The number of aliphatic hydroxyl groups excluding tert-OH is 1. The lowest BCUT2D eigenvalue weighted by molar-refractivity contribution is 0.0174. The maximum Gasteiger partial charge on any atom is 0.240 e. The van der Waals surface area contributed by atoms with Gasteiger partial charge in [0.2, 0.25) is 6.43 Å². The first-order valence-corrected chi connectivity index (χ1v) is 9.27. The number of hydrogen-bond donors (Lipinski definition) is 2. The highest BCUT2D eigenvalue weighted by molar-refractivity contribution is 6.17. The quantitative estimate of drug-likeness (QED) is 0.575. The van der Waals surface area contributed by atoms with Crippen molar-refractivity contribution in [3.8, 4) is 11.3 Å². The number of pyridine rings is 1. The summed E-state index contributed by atoms with van der Waals surface area (Å²) >= 11 is 6.06. The molecule has 1 aliphatic heterocycles. The Kier molecular flexibility index (Phi) is 6.12. The third-order valence-electron chi connectivity index (χ3n) is 5.02. The number of halogens is 5. The molecule has 1 fully saturated rings. The minimum atomic E-state index is -2.64. The molecule has 3 rings (SSSR count). The second-order valence-corrected chi connectivity index (χ2v) is 7.28. The Balaban J connectivity index is 1.91. The minimum Gasteiger partial charge on any atom is -0.391 e. The van der Waals surface area contributed by atoms with Crippen molar-refractivity contribution in [1.82, 2.24) is 4.98 Å². The zero-order chi connectivity index (χ0) is 20.5. The van der Waals surface area contributed by atoms with Crippen molar-refractivity contribution in [2.45, 2.75) is 36.8 Å². The van der Waals surface area contributed by atoms with Crippen LogP contribution in [0.5, 0.6) is 0 Å². The molecule has 0 bridgehead atoms. The van der Waals surface area contributed by atoms with Crippen LogP contribution in [0.2, 0.25) is 0 Å². The molecular weight excluding hydrogens is 398 g/mol. The highest BCUT2D eigenvalue weighted by Gasteiger charge is 2.42. The largest absolute Gasteiger partial charge is 0.391 e. The number of benzene rings is 1. The second-order valence-electron chi connectivity index (χ2n) is 7.02. The van der Waals surface area contributed by atoms with Gasteiger partial charge in [-0.05, 0) is 36.2 Å². The maximum absolute atomic E-state index is 13.5. The Bertz CT molecular complexity index is 854. The standard InChI is InChI=1S/C19H20ClF4N3O/c20-8-12-6-15(11-1-2-13(21)14(22)5-11)26-9-16(12)27-4-3-17(28)19(25,10-27)7-18(23)24/h1-2,5-6,9,17-18,28H,3-4,7-8,10,25H2. The average molecular weight is 418 g/mol. The van der Waals surface area contributed by atoms with Crippen LogP contribution in [0.25, 0.3) is 11.3 Å². The number of nitrogens with zero attached hydrogens (tertiary/aromatic N) is 2. The van der Waals surface area contributed by atoms with Crippen LogP contribution >= 0.6 is 11.6 Å². The summed E-state index contributed by atoms with van der Waals surface area (Å²) in [7, 11) is 0. The highest BCUT2D eigenvalue weighted by atomic mass is 35.5. The molecule has 28 heavy (non-hydrogen) atoms. The van der Waals surface area contributed by atoms with Crippen molar-refractivity contribution in [1.29, 1.82) is 0 Å². The van der Waals surface area contributed by atoms with Gasteiger partial charge in [0.05, 0.1) is 29.2 Å². The Morgan fingerprint density at radius 2 is 2.04 bits per heavy atom. The summed E-state index contributed by atoms with van der Waals surface area (Å²) in [4.78, 5) is 6.06. The van der Waals surface area contributed by atoms with Crippen LogP contribution in [-0.2, 0) is 5.88 Å². The van der Waals surface area contributed by atoms with E-state index in [1.54, 1.807) is 11.0 Å². The number of nitrogens with two attached hydrogens (primary N) is 1. The fraction of sp³-hybridized carbons (Fsp3) is 0.421. The zero-order valence-corrected chi connectivity index (χ0v) is 15.6. The van der Waals surface area contributed by atoms with E-state index in [0.717, 1.165) is 12.1 Å². The van der Waals surface area contributed by atoms with Crippen molar-refractivity contribution < 1.29 is 22.7 Å². The van der Waals surface area contributed by atoms with E-state index in [1.165, 1.54) is 12.3 Å². The highest BCUT2D eigenvalue weighted by Crippen LogP contribution is 2.33. The van der Waals surface area contributed by atoms with E-state index in [2.05, 4.69) is 4.98 Å². The predicted octanol–water partition coefficient (Wildman–Crippen LogP) is 3.69. The molecule has 0 radical (unpaired) electrons. The van der Waals surface area contributed by atoms with Gasteiger partial charge >= 0.3 is 0 Å². The lowest BCUT2D eigenvalue weighted by Gasteiger charge is -2.45. The van der Waals surface area contributed by atoms with Gasteiger partial charge in [-0.1, -0.05) is 0 Å². The number of anilines is 1. The molecule has 9 heteroatoms. The lowest BCUT2D eigenvalue weighted by atomic mass is 9.84. The number of hydrogen-bond acceptors (Lipinski definition) is 4.